The average Bonchev–Trinajstić information content (AvgIpc) is 3.15. The number of nitrogens with zero attached hydrogens (tertiary/aromatic N) is 9. The first-order chi connectivity index (χ1) is 12.6. The molecule has 9 heteroatoms. The minimum absolute atomic E-state index is 0.378. The van der Waals surface area contributed by atoms with E-state index in [0.29, 0.717) is 6.04 Å². The predicted octanol–water partition coefficient (Wildman–Crippen LogP) is 1.11. The molecule has 0 aliphatic carbocycles. The summed E-state index contributed by atoms with van der Waals surface area (Å²) in [5.74, 6) is 2.69. The first-order valence-electron chi connectivity index (χ1n) is 8.58. The van der Waals surface area contributed by atoms with Crippen LogP contribution in [0.1, 0.15) is 11.5 Å². The molecule has 132 valence electrons. The topological polar surface area (TPSA) is 79.8 Å². The van der Waals surface area contributed by atoms with Gasteiger partial charge in [0.05, 0.1) is 11.7 Å². The minimum Gasteiger partial charge on any atom is -0.351 e. The fourth-order valence-electron chi connectivity index (χ4n) is 3.42. The van der Waals surface area contributed by atoms with E-state index in [4.69, 9.17) is 0 Å². The van der Waals surface area contributed by atoms with Crippen molar-refractivity contribution in [3.63, 3.8) is 0 Å². The van der Waals surface area contributed by atoms with E-state index in [1.165, 1.54) is 0 Å². The largest absolute Gasteiger partial charge is 0.351 e. The number of fused-ring (bicyclic) bond motifs is 2. The van der Waals surface area contributed by atoms with E-state index in [2.05, 4.69) is 48.3 Å². The zero-order valence-corrected chi connectivity index (χ0v) is 14.9. The molecule has 1 fully saturated rings. The van der Waals surface area contributed by atoms with Gasteiger partial charge in [-0.1, -0.05) is 0 Å². The molecule has 0 bridgehead atoms. The first kappa shape index (κ1) is 15.1. The van der Waals surface area contributed by atoms with Crippen molar-refractivity contribution in [2.75, 3.05) is 29.9 Å². The van der Waals surface area contributed by atoms with Crippen LogP contribution >= 0.6 is 0 Å². The molecule has 0 N–H and O–H groups in total. The van der Waals surface area contributed by atoms with Crippen molar-refractivity contribution in [3.8, 4) is 0 Å². The third-order valence-electron chi connectivity index (χ3n) is 4.96. The molecule has 5 heterocycles. The van der Waals surface area contributed by atoms with Gasteiger partial charge in [-0.05, 0) is 32.0 Å². The summed E-state index contributed by atoms with van der Waals surface area (Å²) in [4.78, 5) is 9.06. The summed E-state index contributed by atoms with van der Waals surface area (Å²) < 4.78 is 3.67. The second-order valence-corrected chi connectivity index (χ2v) is 6.74. The molecular weight excluding hydrogens is 330 g/mol. The van der Waals surface area contributed by atoms with E-state index >= 15 is 0 Å². The van der Waals surface area contributed by atoms with Crippen LogP contribution in [0.15, 0.2) is 30.6 Å². The molecule has 0 spiro atoms. The van der Waals surface area contributed by atoms with E-state index < -0.39 is 0 Å². The van der Waals surface area contributed by atoms with E-state index in [1.54, 1.807) is 10.7 Å². The van der Waals surface area contributed by atoms with Gasteiger partial charge < -0.3 is 9.80 Å². The number of likely N-dealkylation sites (N-methyl/N-ethyl adjacent to an activating group) is 1. The van der Waals surface area contributed by atoms with Crippen molar-refractivity contribution in [2.24, 2.45) is 0 Å². The Bertz CT molecular complexity index is 1110. The van der Waals surface area contributed by atoms with Gasteiger partial charge in [0.25, 0.3) is 0 Å². The fourth-order valence-corrected chi connectivity index (χ4v) is 3.42. The van der Waals surface area contributed by atoms with Crippen LogP contribution in [0.2, 0.25) is 0 Å². The molecule has 4 aromatic heterocycles. The molecule has 0 amide bonds. The summed E-state index contributed by atoms with van der Waals surface area (Å²) in [6, 6.07) is 6.40. The monoisotopic (exact) mass is 349 g/mol. The number of rotatable bonds is 3. The Hall–Kier alpha value is -3.23. The fraction of sp³-hybridized carbons (Fsp3) is 0.353. The first-order valence-corrected chi connectivity index (χ1v) is 8.58. The lowest BCUT2D eigenvalue weighted by molar-refractivity contribution is 0.487. The zero-order chi connectivity index (χ0) is 17.8. The molecule has 1 saturated heterocycles. The van der Waals surface area contributed by atoms with Crippen LogP contribution in [-0.4, -0.2) is 60.6 Å². The van der Waals surface area contributed by atoms with Crippen LogP contribution < -0.4 is 9.80 Å². The van der Waals surface area contributed by atoms with E-state index in [0.717, 1.165) is 47.4 Å². The van der Waals surface area contributed by atoms with E-state index in [9.17, 15) is 0 Å². The summed E-state index contributed by atoms with van der Waals surface area (Å²) in [5.41, 5.74) is 2.79. The summed E-state index contributed by atoms with van der Waals surface area (Å²) in [5, 5.41) is 17.3. The third-order valence-corrected chi connectivity index (χ3v) is 4.96. The van der Waals surface area contributed by atoms with Gasteiger partial charge in [-0.25, -0.2) is 9.50 Å². The standard InChI is InChI=1S/C17H19N9/c1-11-8-14-17(18-6-7-25(14)21-11)23(3)13-9-24(10-13)16-5-4-15-20-19-12(2)26(15)22-16/h4-8,13H,9-10H2,1-3H3. The highest BCUT2D eigenvalue weighted by Crippen LogP contribution is 2.26. The quantitative estimate of drug-likeness (QED) is 0.548. The summed E-state index contributed by atoms with van der Waals surface area (Å²) in [6.45, 7) is 5.69. The van der Waals surface area contributed by atoms with Crippen molar-refractivity contribution in [2.45, 2.75) is 19.9 Å². The molecule has 0 radical (unpaired) electrons. The molecule has 5 rings (SSSR count). The molecule has 9 nitrogen and oxygen atoms in total. The van der Waals surface area contributed by atoms with Gasteiger partial charge in [0, 0.05) is 32.5 Å². The van der Waals surface area contributed by atoms with Gasteiger partial charge in [0.2, 0.25) is 0 Å². The average molecular weight is 349 g/mol. The van der Waals surface area contributed by atoms with Crippen LogP contribution in [0.5, 0.6) is 0 Å². The summed E-state index contributed by atoms with van der Waals surface area (Å²) >= 11 is 0. The third kappa shape index (κ3) is 2.20. The van der Waals surface area contributed by atoms with Gasteiger partial charge in [-0.2, -0.15) is 9.61 Å². The lowest BCUT2D eigenvalue weighted by atomic mass is 10.1. The molecule has 0 atom stereocenters. The Balaban J connectivity index is 1.37. The van der Waals surface area contributed by atoms with Crippen molar-refractivity contribution < 1.29 is 0 Å². The molecule has 0 aromatic carbocycles. The predicted molar refractivity (Wildman–Crippen MR) is 97.6 cm³/mol. The second-order valence-electron chi connectivity index (χ2n) is 6.74. The van der Waals surface area contributed by atoms with Crippen LogP contribution in [0.4, 0.5) is 11.6 Å². The maximum atomic E-state index is 4.65. The van der Waals surface area contributed by atoms with Crippen LogP contribution in [0, 0.1) is 13.8 Å². The lowest BCUT2D eigenvalue weighted by Crippen LogP contribution is -2.59. The van der Waals surface area contributed by atoms with Gasteiger partial charge in [0.1, 0.15) is 11.3 Å². The van der Waals surface area contributed by atoms with Gasteiger partial charge in [-0.3, -0.25) is 0 Å². The molecule has 1 aliphatic rings. The molecule has 0 saturated carbocycles. The highest BCUT2D eigenvalue weighted by Gasteiger charge is 2.32. The molecular formula is C17H19N9. The van der Waals surface area contributed by atoms with E-state index in [-0.39, 0.29) is 0 Å². The van der Waals surface area contributed by atoms with Crippen molar-refractivity contribution in [1.82, 2.24) is 34.4 Å². The number of hydrogen-bond acceptors (Lipinski definition) is 7. The smallest absolute Gasteiger partial charge is 0.178 e. The van der Waals surface area contributed by atoms with Crippen LogP contribution in [-0.2, 0) is 0 Å². The summed E-state index contributed by atoms with van der Waals surface area (Å²) in [7, 11) is 2.09. The Morgan fingerprint density at radius 2 is 1.96 bits per heavy atom. The molecule has 1 aliphatic heterocycles. The molecule has 0 unspecified atom stereocenters. The van der Waals surface area contributed by atoms with Gasteiger partial charge in [0.15, 0.2) is 17.3 Å². The number of aryl methyl sites for hydroxylation is 2. The highest BCUT2D eigenvalue weighted by atomic mass is 15.4. The minimum atomic E-state index is 0.378. The summed E-state index contributed by atoms with van der Waals surface area (Å²) in [6.07, 6.45) is 3.68. The van der Waals surface area contributed by atoms with Crippen molar-refractivity contribution >= 4 is 22.8 Å². The Kier molecular flexibility index (Phi) is 3.12. The Morgan fingerprint density at radius 1 is 1.12 bits per heavy atom. The number of anilines is 2. The van der Waals surface area contributed by atoms with Crippen LogP contribution in [0.25, 0.3) is 11.2 Å². The maximum absolute atomic E-state index is 4.65. The Morgan fingerprint density at radius 3 is 2.81 bits per heavy atom. The normalized spacial score (nSPS) is 15.0. The van der Waals surface area contributed by atoms with Crippen molar-refractivity contribution in [3.05, 3.63) is 42.1 Å². The molecule has 26 heavy (non-hydrogen) atoms. The maximum Gasteiger partial charge on any atom is 0.178 e. The van der Waals surface area contributed by atoms with Crippen molar-refractivity contribution in [1.29, 1.82) is 0 Å². The Labute approximate surface area is 149 Å². The highest BCUT2D eigenvalue weighted by molar-refractivity contribution is 5.69. The SMILES string of the molecule is Cc1cc2c(N(C)C3CN(c4ccc5nnc(C)n5n4)C3)nccn2n1. The number of aromatic nitrogens is 7. The zero-order valence-electron chi connectivity index (χ0n) is 14.9. The second kappa shape index (κ2) is 5.38. The van der Waals surface area contributed by atoms with Crippen LogP contribution in [0.3, 0.4) is 0 Å². The van der Waals surface area contributed by atoms with E-state index in [1.807, 2.05) is 36.7 Å². The van der Waals surface area contributed by atoms with Gasteiger partial charge >= 0.3 is 0 Å². The number of hydrogen-bond donors (Lipinski definition) is 0. The molecule has 4 aromatic rings. The van der Waals surface area contributed by atoms with Gasteiger partial charge in [-0.15, -0.1) is 15.3 Å². The lowest BCUT2D eigenvalue weighted by Gasteiger charge is -2.45.